The largest absolute Gasteiger partial charge is 0.294 e. The van der Waals surface area contributed by atoms with Gasteiger partial charge in [0.05, 0.1) is 12.5 Å². The minimum Gasteiger partial charge on any atom is -0.294 e. The highest BCUT2D eigenvalue weighted by Crippen LogP contribution is 2.14. The molecule has 0 N–H and O–H groups in total. The summed E-state index contributed by atoms with van der Waals surface area (Å²) in [6.07, 6.45) is 0.300. The van der Waals surface area contributed by atoms with E-state index < -0.39 is 0 Å². The molecule has 0 fully saturated rings. The zero-order valence-corrected chi connectivity index (χ0v) is 8.45. The zero-order valence-electron chi connectivity index (χ0n) is 8.45. The second kappa shape index (κ2) is 4.57. The van der Waals surface area contributed by atoms with E-state index in [1.165, 1.54) is 0 Å². The molecule has 1 aromatic carbocycles. The third kappa shape index (κ3) is 2.20. The Morgan fingerprint density at radius 2 is 2.07 bits per heavy atom. The Morgan fingerprint density at radius 3 is 2.64 bits per heavy atom. The van der Waals surface area contributed by atoms with Gasteiger partial charge in [-0.15, -0.1) is 0 Å². The average Bonchev–Trinajstić information content (AvgIpc) is 2.18. The van der Waals surface area contributed by atoms with Crippen molar-refractivity contribution in [2.45, 2.75) is 20.3 Å². The van der Waals surface area contributed by atoms with E-state index in [0.717, 1.165) is 5.56 Å². The summed E-state index contributed by atoms with van der Waals surface area (Å²) in [6.45, 7) is 3.73. The van der Waals surface area contributed by atoms with Crippen molar-refractivity contribution >= 4 is 5.78 Å². The van der Waals surface area contributed by atoms with Crippen LogP contribution in [0, 0.1) is 17.2 Å². The Hall–Kier alpha value is -1.62. The lowest BCUT2D eigenvalue weighted by molar-refractivity contribution is 0.0938. The van der Waals surface area contributed by atoms with Gasteiger partial charge in [-0.1, -0.05) is 38.1 Å². The van der Waals surface area contributed by atoms with Crippen LogP contribution in [-0.4, -0.2) is 5.78 Å². The number of carbonyl (C=O) groups excluding carboxylic acids is 1. The molecule has 0 aliphatic rings. The van der Waals surface area contributed by atoms with Crippen molar-refractivity contribution in [2.24, 2.45) is 5.92 Å². The van der Waals surface area contributed by atoms with Crippen molar-refractivity contribution in [3.05, 3.63) is 35.4 Å². The van der Waals surface area contributed by atoms with Gasteiger partial charge in [-0.3, -0.25) is 4.79 Å². The predicted octanol–water partition coefficient (Wildman–Crippen LogP) is 2.59. The topological polar surface area (TPSA) is 40.9 Å². The Kier molecular flexibility index (Phi) is 3.41. The van der Waals surface area contributed by atoms with Gasteiger partial charge < -0.3 is 0 Å². The zero-order chi connectivity index (χ0) is 10.6. The first kappa shape index (κ1) is 10.5. The first-order valence-corrected chi connectivity index (χ1v) is 4.66. The van der Waals surface area contributed by atoms with Crippen LogP contribution in [-0.2, 0) is 6.42 Å². The molecule has 0 unspecified atom stereocenters. The second-order valence-corrected chi connectivity index (χ2v) is 3.51. The Labute approximate surface area is 84.2 Å². The standard InChI is InChI=1S/C12H13NO/c1-9(2)12(14)11-6-4-3-5-10(11)7-8-13/h3-6,9H,7H2,1-2H3. The van der Waals surface area contributed by atoms with Gasteiger partial charge in [-0.05, 0) is 5.56 Å². The Morgan fingerprint density at radius 1 is 1.43 bits per heavy atom. The van der Waals surface area contributed by atoms with Crippen LogP contribution in [0.4, 0.5) is 0 Å². The van der Waals surface area contributed by atoms with Crippen molar-refractivity contribution in [1.29, 1.82) is 5.26 Å². The highest BCUT2D eigenvalue weighted by molar-refractivity contribution is 5.98. The molecule has 0 spiro atoms. The predicted molar refractivity (Wildman–Crippen MR) is 54.9 cm³/mol. The van der Waals surface area contributed by atoms with E-state index >= 15 is 0 Å². The summed E-state index contributed by atoms with van der Waals surface area (Å²) in [7, 11) is 0. The summed E-state index contributed by atoms with van der Waals surface area (Å²) in [5.41, 5.74) is 1.51. The lowest BCUT2D eigenvalue weighted by Gasteiger charge is -2.07. The molecule has 72 valence electrons. The number of nitriles is 1. The lowest BCUT2D eigenvalue weighted by Crippen LogP contribution is -2.10. The maximum absolute atomic E-state index is 11.7. The number of Topliss-reactive ketones (excluding diaryl/α,β-unsaturated/α-hetero) is 1. The van der Waals surface area contributed by atoms with E-state index in [2.05, 4.69) is 6.07 Å². The van der Waals surface area contributed by atoms with Crippen LogP contribution >= 0.6 is 0 Å². The molecule has 0 amide bonds. The molecule has 0 saturated carbocycles. The van der Waals surface area contributed by atoms with Crippen LogP contribution in [0.1, 0.15) is 29.8 Å². The summed E-state index contributed by atoms with van der Waals surface area (Å²) in [5.74, 6) is 0.0886. The second-order valence-electron chi connectivity index (χ2n) is 3.51. The summed E-state index contributed by atoms with van der Waals surface area (Å²) in [6, 6.07) is 9.37. The van der Waals surface area contributed by atoms with Gasteiger partial charge in [-0.2, -0.15) is 5.26 Å². The fourth-order valence-electron chi connectivity index (χ4n) is 1.31. The number of rotatable bonds is 3. The molecule has 0 bridgehead atoms. The Bertz CT molecular complexity index is 374. The van der Waals surface area contributed by atoms with E-state index in [4.69, 9.17) is 5.26 Å². The molecule has 0 radical (unpaired) electrons. The van der Waals surface area contributed by atoms with Gasteiger partial charge in [-0.25, -0.2) is 0 Å². The molecule has 2 nitrogen and oxygen atoms in total. The molecular formula is C12H13NO. The number of benzene rings is 1. The summed E-state index contributed by atoms with van der Waals surface area (Å²) >= 11 is 0. The minimum absolute atomic E-state index is 0.0187. The number of nitrogens with zero attached hydrogens (tertiary/aromatic N) is 1. The molecule has 2 heteroatoms. The fraction of sp³-hybridized carbons (Fsp3) is 0.333. The van der Waals surface area contributed by atoms with Crippen LogP contribution < -0.4 is 0 Å². The first-order valence-electron chi connectivity index (χ1n) is 4.66. The first-order chi connectivity index (χ1) is 6.66. The number of carbonyl (C=O) groups is 1. The summed E-state index contributed by atoms with van der Waals surface area (Å²) in [4.78, 5) is 11.7. The maximum Gasteiger partial charge on any atom is 0.165 e. The van der Waals surface area contributed by atoms with Crippen LogP contribution in [0.5, 0.6) is 0 Å². The fourth-order valence-corrected chi connectivity index (χ4v) is 1.31. The highest BCUT2D eigenvalue weighted by atomic mass is 16.1. The van der Waals surface area contributed by atoms with E-state index in [-0.39, 0.29) is 11.7 Å². The smallest absolute Gasteiger partial charge is 0.165 e. The number of hydrogen-bond acceptors (Lipinski definition) is 2. The van der Waals surface area contributed by atoms with Crippen molar-refractivity contribution in [1.82, 2.24) is 0 Å². The summed E-state index contributed by atoms with van der Waals surface area (Å²) in [5, 5.41) is 8.60. The molecule has 0 aliphatic carbocycles. The minimum atomic E-state index is -0.0187. The normalized spacial score (nSPS) is 9.86. The molecule has 0 heterocycles. The van der Waals surface area contributed by atoms with Crippen LogP contribution in [0.25, 0.3) is 0 Å². The molecule has 1 aromatic rings. The molecule has 1 rings (SSSR count). The quantitative estimate of drug-likeness (QED) is 0.682. The molecule has 0 saturated heterocycles. The van der Waals surface area contributed by atoms with Gasteiger partial charge in [0, 0.05) is 11.5 Å². The highest BCUT2D eigenvalue weighted by Gasteiger charge is 2.13. The van der Waals surface area contributed by atoms with E-state index in [0.29, 0.717) is 12.0 Å². The maximum atomic E-state index is 11.7. The molecule has 0 aromatic heterocycles. The third-order valence-electron chi connectivity index (χ3n) is 2.08. The summed E-state index contributed by atoms with van der Waals surface area (Å²) < 4.78 is 0. The van der Waals surface area contributed by atoms with Gasteiger partial charge >= 0.3 is 0 Å². The van der Waals surface area contributed by atoms with E-state index in [1.54, 1.807) is 6.07 Å². The van der Waals surface area contributed by atoms with Gasteiger partial charge in [0.2, 0.25) is 0 Å². The SMILES string of the molecule is CC(C)C(=O)c1ccccc1CC#N. The van der Waals surface area contributed by atoms with Crippen molar-refractivity contribution < 1.29 is 4.79 Å². The van der Waals surface area contributed by atoms with E-state index in [1.807, 2.05) is 32.0 Å². The van der Waals surface area contributed by atoms with Gasteiger partial charge in [0.15, 0.2) is 5.78 Å². The molecular weight excluding hydrogens is 174 g/mol. The van der Waals surface area contributed by atoms with Crippen molar-refractivity contribution in [3.8, 4) is 6.07 Å². The molecule has 0 aliphatic heterocycles. The number of ketones is 1. The van der Waals surface area contributed by atoms with Crippen molar-refractivity contribution in [3.63, 3.8) is 0 Å². The van der Waals surface area contributed by atoms with Gasteiger partial charge in [0.25, 0.3) is 0 Å². The van der Waals surface area contributed by atoms with Crippen LogP contribution in [0.3, 0.4) is 0 Å². The third-order valence-corrected chi connectivity index (χ3v) is 2.08. The molecule has 0 atom stereocenters. The monoisotopic (exact) mass is 187 g/mol. The van der Waals surface area contributed by atoms with Gasteiger partial charge in [0.1, 0.15) is 0 Å². The van der Waals surface area contributed by atoms with Crippen LogP contribution in [0.2, 0.25) is 0 Å². The number of hydrogen-bond donors (Lipinski definition) is 0. The average molecular weight is 187 g/mol. The molecule has 14 heavy (non-hydrogen) atoms. The van der Waals surface area contributed by atoms with Crippen LogP contribution in [0.15, 0.2) is 24.3 Å². The van der Waals surface area contributed by atoms with Crippen molar-refractivity contribution in [2.75, 3.05) is 0 Å². The lowest BCUT2D eigenvalue weighted by atomic mass is 9.95. The van der Waals surface area contributed by atoms with E-state index in [9.17, 15) is 4.79 Å². The Balaban J connectivity index is 3.08.